The third kappa shape index (κ3) is 2.63. The van der Waals surface area contributed by atoms with Crippen LogP contribution in [-0.2, 0) is 9.59 Å². The Morgan fingerprint density at radius 3 is 1.95 bits per heavy atom. The van der Waals surface area contributed by atoms with E-state index in [1.807, 2.05) is 50.2 Å². The van der Waals surface area contributed by atoms with Crippen LogP contribution in [0.4, 0.5) is 11.4 Å². The van der Waals surface area contributed by atoms with Crippen LogP contribution >= 0.6 is 0 Å². The SMILES string of the molecule is Cc1ccc(NC2=CC(=O)N(c3ccc(C)cc3)C2=O)cc1. The number of amides is 2. The van der Waals surface area contributed by atoms with Gasteiger partial charge in [-0.15, -0.1) is 0 Å². The van der Waals surface area contributed by atoms with Gasteiger partial charge in [0.2, 0.25) is 0 Å². The highest BCUT2D eigenvalue weighted by Gasteiger charge is 2.32. The molecule has 0 saturated heterocycles. The predicted molar refractivity (Wildman–Crippen MR) is 86.6 cm³/mol. The van der Waals surface area contributed by atoms with E-state index in [0.29, 0.717) is 5.69 Å². The Kier molecular flexibility index (Phi) is 3.51. The fourth-order valence-electron chi connectivity index (χ4n) is 2.29. The van der Waals surface area contributed by atoms with Crippen LogP contribution in [0.15, 0.2) is 60.3 Å². The van der Waals surface area contributed by atoms with E-state index in [9.17, 15) is 9.59 Å². The number of rotatable bonds is 3. The van der Waals surface area contributed by atoms with Crippen molar-refractivity contribution < 1.29 is 9.59 Å². The Morgan fingerprint density at radius 1 is 0.818 bits per heavy atom. The minimum atomic E-state index is -0.338. The normalized spacial score (nSPS) is 14.3. The molecule has 0 radical (unpaired) electrons. The lowest BCUT2D eigenvalue weighted by molar-refractivity contribution is -0.120. The Bertz CT molecular complexity index is 759. The van der Waals surface area contributed by atoms with Crippen molar-refractivity contribution in [2.75, 3.05) is 10.2 Å². The Balaban J connectivity index is 1.82. The van der Waals surface area contributed by atoms with Gasteiger partial charge in [0, 0.05) is 11.8 Å². The minimum Gasteiger partial charge on any atom is -0.351 e. The molecular weight excluding hydrogens is 276 g/mol. The number of carbonyl (C=O) groups is 2. The Labute approximate surface area is 129 Å². The average Bonchev–Trinajstić information content (AvgIpc) is 2.77. The number of anilines is 2. The van der Waals surface area contributed by atoms with Crippen molar-refractivity contribution in [3.63, 3.8) is 0 Å². The summed E-state index contributed by atoms with van der Waals surface area (Å²) >= 11 is 0. The van der Waals surface area contributed by atoms with Crippen LogP contribution in [0.1, 0.15) is 11.1 Å². The van der Waals surface area contributed by atoms with Gasteiger partial charge >= 0.3 is 0 Å². The van der Waals surface area contributed by atoms with Gasteiger partial charge in [-0.05, 0) is 38.1 Å². The zero-order valence-electron chi connectivity index (χ0n) is 12.5. The van der Waals surface area contributed by atoms with Crippen LogP contribution < -0.4 is 10.2 Å². The van der Waals surface area contributed by atoms with E-state index in [-0.39, 0.29) is 17.5 Å². The van der Waals surface area contributed by atoms with Crippen LogP contribution in [0.25, 0.3) is 0 Å². The van der Waals surface area contributed by atoms with Crippen molar-refractivity contribution in [1.29, 1.82) is 0 Å². The number of nitrogens with one attached hydrogen (secondary N) is 1. The molecule has 0 atom stereocenters. The van der Waals surface area contributed by atoms with Gasteiger partial charge in [-0.1, -0.05) is 35.4 Å². The number of hydrogen-bond acceptors (Lipinski definition) is 3. The molecule has 110 valence electrons. The summed E-state index contributed by atoms with van der Waals surface area (Å²) in [5.41, 5.74) is 3.86. The number of aryl methyl sites for hydroxylation is 2. The zero-order valence-corrected chi connectivity index (χ0v) is 12.5. The van der Waals surface area contributed by atoms with Crippen molar-refractivity contribution in [1.82, 2.24) is 0 Å². The largest absolute Gasteiger partial charge is 0.351 e. The van der Waals surface area contributed by atoms with Gasteiger partial charge in [-0.3, -0.25) is 9.59 Å². The maximum Gasteiger partial charge on any atom is 0.281 e. The van der Waals surface area contributed by atoms with Crippen LogP contribution in [0.5, 0.6) is 0 Å². The Morgan fingerprint density at radius 2 is 1.36 bits per heavy atom. The highest BCUT2D eigenvalue weighted by Crippen LogP contribution is 2.24. The van der Waals surface area contributed by atoms with Gasteiger partial charge < -0.3 is 5.32 Å². The summed E-state index contributed by atoms with van der Waals surface area (Å²) in [6.07, 6.45) is 1.34. The summed E-state index contributed by atoms with van der Waals surface area (Å²) in [7, 11) is 0. The molecule has 3 rings (SSSR count). The van der Waals surface area contributed by atoms with Gasteiger partial charge in [0.1, 0.15) is 5.70 Å². The summed E-state index contributed by atoms with van der Waals surface area (Å²) < 4.78 is 0. The molecule has 22 heavy (non-hydrogen) atoms. The maximum absolute atomic E-state index is 12.4. The molecule has 0 spiro atoms. The third-order valence-corrected chi connectivity index (χ3v) is 3.54. The van der Waals surface area contributed by atoms with Crippen LogP contribution in [0.3, 0.4) is 0 Å². The topological polar surface area (TPSA) is 49.4 Å². The second-order valence-electron chi connectivity index (χ2n) is 5.36. The molecule has 0 unspecified atom stereocenters. The molecule has 2 amide bonds. The first-order valence-corrected chi connectivity index (χ1v) is 7.05. The standard InChI is InChI=1S/C18H16N2O2/c1-12-3-7-14(8-4-12)19-16-11-17(21)20(18(16)22)15-9-5-13(2)6-10-15/h3-11,19H,1-2H3. The van der Waals surface area contributed by atoms with Crippen molar-refractivity contribution in [3.05, 3.63) is 71.4 Å². The van der Waals surface area contributed by atoms with Gasteiger partial charge in [-0.25, -0.2) is 4.90 Å². The summed E-state index contributed by atoms with van der Waals surface area (Å²) in [4.78, 5) is 25.7. The Hall–Kier alpha value is -2.88. The lowest BCUT2D eigenvalue weighted by atomic mass is 10.2. The van der Waals surface area contributed by atoms with E-state index in [0.717, 1.165) is 16.8 Å². The zero-order chi connectivity index (χ0) is 15.7. The molecule has 1 N–H and O–H groups in total. The summed E-state index contributed by atoms with van der Waals surface area (Å²) in [6.45, 7) is 3.95. The van der Waals surface area contributed by atoms with E-state index in [4.69, 9.17) is 0 Å². The number of imide groups is 1. The van der Waals surface area contributed by atoms with Crippen molar-refractivity contribution in [2.24, 2.45) is 0 Å². The second-order valence-corrected chi connectivity index (χ2v) is 5.36. The van der Waals surface area contributed by atoms with Gasteiger partial charge in [0.25, 0.3) is 11.8 Å². The quantitative estimate of drug-likeness (QED) is 0.884. The van der Waals surface area contributed by atoms with E-state index in [1.54, 1.807) is 12.1 Å². The fourth-order valence-corrected chi connectivity index (χ4v) is 2.29. The number of benzene rings is 2. The van der Waals surface area contributed by atoms with Crippen molar-refractivity contribution >= 4 is 23.2 Å². The van der Waals surface area contributed by atoms with Crippen molar-refractivity contribution in [3.8, 4) is 0 Å². The van der Waals surface area contributed by atoms with Crippen LogP contribution in [0, 0.1) is 13.8 Å². The molecule has 2 aromatic carbocycles. The van der Waals surface area contributed by atoms with Crippen LogP contribution in [-0.4, -0.2) is 11.8 Å². The highest BCUT2D eigenvalue weighted by atomic mass is 16.2. The molecular formula is C18H16N2O2. The molecule has 4 nitrogen and oxygen atoms in total. The summed E-state index contributed by atoms with van der Waals surface area (Å²) in [5.74, 6) is -0.669. The van der Waals surface area contributed by atoms with Crippen molar-refractivity contribution in [2.45, 2.75) is 13.8 Å². The minimum absolute atomic E-state index is 0.287. The van der Waals surface area contributed by atoms with E-state index in [2.05, 4.69) is 5.32 Å². The number of hydrogen-bond donors (Lipinski definition) is 1. The summed E-state index contributed by atoms with van der Waals surface area (Å²) in [6, 6.07) is 14.9. The fraction of sp³-hybridized carbons (Fsp3) is 0.111. The molecule has 1 aliphatic heterocycles. The molecule has 0 fully saturated rings. The lowest BCUT2D eigenvalue weighted by Gasteiger charge is -2.15. The third-order valence-electron chi connectivity index (χ3n) is 3.54. The molecule has 0 aromatic heterocycles. The lowest BCUT2D eigenvalue weighted by Crippen LogP contribution is -2.31. The van der Waals surface area contributed by atoms with Gasteiger partial charge in [0.15, 0.2) is 0 Å². The smallest absolute Gasteiger partial charge is 0.281 e. The summed E-state index contributed by atoms with van der Waals surface area (Å²) in [5, 5.41) is 3.01. The van der Waals surface area contributed by atoms with E-state index >= 15 is 0 Å². The first-order valence-electron chi connectivity index (χ1n) is 7.05. The molecule has 0 saturated carbocycles. The number of carbonyl (C=O) groups excluding carboxylic acids is 2. The molecule has 2 aromatic rings. The maximum atomic E-state index is 12.4. The number of nitrogens with zero attached hydrogens (tertiary/aromatic N) is 1. The molecule has 1 heterocycles. The first kappa shape index (κ1) is 14.1. The van der Waals surface area contributed by atoms with Gasteiger partial charge in [0.05, 0.1) is 5.69 Å². The van der Waals surface area contributed by atoms with Gasteiger partial charge in [-0.2, -0.15) is 0 Å². The highest BCUT2D eigenvalue weighted by molar-refractivity contribution is 6.31. The van der Waals surface area contributed by atoms with Crippen LogP contribution in [0.2, 0.25) is 0 Å². The molecule has 4 heteroatoms. The molecule has 1 aliphatic rings. The average molecular weight is 292 g/mol. The molecule has 0 bridgehead atoms. The molecule has 0 aliphatic carbocycles. The first-order chi connectivity index (χ1) is 10.5. The van der Waals surface area contributed by atoms with E-state index < -0.39 is 0 Å². The van der Waals surface area contributed by atoms with E-state index in [1.165, 1.54) is 11.0 Å². The second kappa shape index (κ2) is 5.48. The predicted octanol–water partition coefficient (Wildman–Crippen LogP) is 3.17. The monoisotopic (exact) mass is 292 g/mol.